The maximum absolute atomic E-state index is 12.9. The van der Waals surface area contributed by atoms with Crippen LogP contribution in [0.1, 0.15) is 30.4 Å². The predicted octanol–water partition coefficient (Wildman–Crippen LogP) is 2.41. The van der Waals surface area contributed by atoms with E-state index in [1.165, 1.54) is 10.6 Å². The van der Waals surface area contributed by atoms with Gasteiger partial charge in [0, 0.05) is 29.2 Å². The van der Waals surface area contributed by atoms with E-state index in [2.05, 4.69) is 15.4 Å². The van der Waals surface area contributed by atoms with Gasteiger partial charge in [-0.2, -0.15) is 5.10 Å². The van der Waals surface area contributed by atoms with Gasteiger partial charge in [-0.25, -0.2) is 9.67 Å². The molecular weight excluding hydrogens is 398 g/mol. The van der Waals surface area contributed by atoms with Crippen LogP contribution >= 0.6 is 0 Å². The maximum Gasteiger partial charge on any atom is 0.255 e. The van der Waals surface area contributed by atoms with Gasteiger partial charge < -0.3 is 14.8 Å². The molecule has 0 aliphatic carbocycles. The third kappa shape index (κ3) is 4.45. The van der Waals surface area contributed by atoms with Gasteiger partial charge in [0.15, 0.2) is 11.5 Å². The lowest BCUT2D eigenvalue weighted by Crippen LogP contribution is -2.32. The van der Waals surface area contributed by atoms with E-state index in [1.807, 2.05) is 26.8 Å². The number of carbonyl (C=O) groups excluding carboxylic acids is 1. The van der Waals surface area contributed by atoms with E-state index in [9.17, 15) is 9.59 Å². The fourth-order valence-electron chi connectivity index (χ4n) is 3.53. The number of hydrogen-bond donors (Lipinski definition) is 1. The average molecular weight is 423 g/mol. The van der Waals surface area contributed by atoms with Gasteiger partial charge >= 0.3 is 0 Å². The van der Waals surface area contributed by atoms with Gasteiger partial charge in [-0.1, -0.05) is 13.3 Å². The smallest absolute Gasteiger partial charge is 0.255 e. The van der Waals surface area contributed by atoms with Gasteiger partial charge in [0.1, 0.15) is 19.8 Å². The number of ether oxygens (including phenoxy) is 2. The molecule has 4 rings (SSSR count). The molecule has 1 aliphatic heterocycles. The van der Waals surface area contributed by atoms with Gasteiger partial charge in [0.25, 0.3) is 5.56 Å². The lowest BCUT2D eigenvalue weighted by molar-refractivity contribution is -0.116. The number of fused-ring (bicyclic) bond motifs is 1. The number of nitrogens with one attached hydrogen (secondary N) is 1. The van der Waals surface area contributed by atoms with Crippen molar-refractivity contribution in [3.8, 4) is 17.4 Å². The summed E-state index contributed by atoms with van der Waals surface area (Å²) in [5, 5.41) is 7.27. The number of nitrogens with zero attached hydrogens (tertiary/aromatic N) is 4. The fourth-order valence-corrected chi connectivity index (χ4v) is 3.53. The number of benzene rings is 1. The highest BCUT2D eigenvalue weighted by molar-refractivity contribution is 5.91. The molecule has 31 heavy (non-hydrogen) atoms. The third-order valence-corrected chi connectivity index (χ3v) is 4.87. The first-order valence-corrected chi connectivity index (χ1v) is 10.3. The summed E-state index contributed by atoms with van der Waals surface area (Å²) in [7, 11) is 0. The average Bonchev–Trinajstić information content (AvgIpc) is 3.07. The maximum atomic E-state index is 12.9. The van der Waals surface area contributed by atoms with Crippen molar-refractivity contribution in [3.63, 3.8) is 0 Å². The Morgan fingerprint density at radius 2 is 1.90 bits per heavy atom. The van der Waals surface area contributed by atoms with Crippen molar-refractivity contribution in [1.29, 1.82) is 0 Å². The van der Waals surface area contributed by atoms with E-state index >= 15 is 0 Å². The van der Waals surface area contributed by atoms with Crippen LogP contribution in [-0.2, 0) is 17.8 Å². The lowest BCUT2D eigenvalue weighted by Gasteiger charge is -2.19. The van der Waals surface area contributed by atoms with Crippen molar-refractivity contribution < 1.29 is 14.3 Å². The van der Waals surface area contributed by atoms with Crippen LogP contribution in [0, 0.1) is 13.8 Å². The van der Waals surface area contributed by atoms with Gasteiger partial charge in [0.05, 0.1) is 5.69 Å². The Morgan fingerprint density at radius 1 is 1.13 bits per heavy atom. The molecule has 162 valence electrons. The van der Waals surface area contributed by atoms with Gasteiger partial charge in [-0.3, -0.25) is 14.2 Å². The Bertz CT molecular complexity index is 1180. The predicted molar refractivity (Wildman–Crippen MR) is 115 cm³/mol. The second-order valence-electron chi connectivity index (χ2n) is 7.47. The van der Waals surface area contributed by atoms with E-state index < -0.39 is 0 Å². The molecule has 0 unspecified atom stereocenters. The highest BCUT2D eigenvalue weighted by atomic mass is 16.6. The lowest BCUT2D eigenvalue weighted by atomic mass is 10.2. The molecule has 0 spiro atoms. The molecule has 1 amide bonds. The highest BCUT2D eigenvalue weighted by Crippen LogP contribution is 2.32. The molecule has 0 atom stereocenters. The molecule has 9 heteroatoms. The summed E-state index contributed by atoms with van der Waals surface area (Å²) in [6.45, 7) is 6.55. The normalized spacial score (nSPS) is 12.6. The number of carbonyl (C=O) groups is 1. The van der Waals surface area contributed by atoms with Crippen LogP contribution in [0.4, 0.5) is 5.69 Å². The molecule has 3 heterocycles. The third-order valence-electron chi connectivity index (χ3n) is 4.87. The van der Waals surface area contributed by atoms with Crippen molar-refractivity contribution in [2.45, 2.75) is 40.2 Å². The monoisotopic (exact) mass is 423 g/mol. The number of aryl methyl sites for hydroxylation is 3. The van der Waals surface area contributed by atoms with Crippen LogP contribution < -0.4 is 20.3 Å². The second-order valence-corrected chi connectivity index (χ2v) is 7.47. The van der Waals surface area contributed by atoms with E-state index in [4.69, 9.17) is 9.47 Å². The van der Waals surface area contributed by atoms with Crippen LogP contribution in [-0.4, -0.2) is 38.5 Å². The van der Waals surface area contributed by atoms with Crippen molar-refractivity contribution in [1.82, 2.24) is 19.3 Å². The minimum atomic E-state index is -0.355. The van der Waals surface area contributed by atoms with E-state index in [-0.39, 0.29) is 18.0 Å². The first-order chi connectivity index (χ1) is 14.9. The molecule has 3 aromatic rings. The Balaban J connectivity index is 1.63. The number of anilines is 1. The summed E-state index contributed by atoms with van der Waals surface area (Å²) in [5.74, 6) is 1.20. The first-order valence-electron chi connectivity index (χ1n) is 10.3. The fraction of sp³-hybridized carbons (Fsp3) is 0.364. The molecule has 1 aliphatic rings. The van der Waals surface area contributed by atoms with Crippen molar-refractivity contribution in [2.24, 2.45) is 0 Å². The van der Waals surface area contributed by atoms with E-state index in [0.717, 1.165) is 17.8 Å². The minimum absolute atomic E-state index is 0.194. The summed E-state index contributed by atoms with van der Waals surface area (Å²) in [6, 6.07) is 8.57. The molecule has 0 radical (unpaired) electrons. The second kappa shape index (κ2) is 8.63. The van der Waals surface area contributed by atoms with Crippen LogP contribution in [0.15, 0.2) is 35.1 Å². The molecule has 0 bridgehead atoms. The van der Waals surface area contributed by atoms with Crippen LogP contribution in [0.2, 0.25) is 0 Å². The molecule has 1 N–H and O–H groups in total. The van der Waals surface area contributed by atoms with Crippen molar-refractivity contribution in [2.75, 3.05) is 18.5 Å². The number of aromatic nitrogens is 4. The molecule has 0 saturated heterocycles. The van der Waals surface area contributed by atoms with Crippen LogP contribution in [0.25, 0.3) is 5.95 Å². The highest BCUT2D eigenvalue weighted by Gasteiger charge is 2.18. The zero-order chi connectivity index (χ0) is 22.0. The molecule has 0 saturated carbocycles. The first kappa shape index (κ1) is 20.6. The molecule has 1 aromatic carbocycles. The summed E-state index contributed by atoms with van der Waals surface area (Å²) < 4.78 is 14.0. The Kier molecular flexibility index (Phi) is 5.75. The van der Waals surface area contributed by atoms with E-state index in [1.54, 1.807) is 22.9 Å². The standard InChI is InChI=1S/C22H25N5O4/c1-4-5-16-12-21(29)26(22(24-16)27-15(3)10-14(2)25-27)13-20(28)23-17-6-7-18-19(11-17)31-9-8-30-18/h6-7,10-12H,4-5,8-9,13H2,1-3H3,(H,23,28). The zero-order valence-electron chi connectivity index (χ0n) is 17.8. The molecule has 9 nitrogen and oxygen atoms in total. The Hall–Kier alpha value is -3.62. The van der Waals surface area contributed by atoms with Gasteiger partial charge in [0.2, 0.25) is 11.9 Å². The Morgan fingerprint density at radius 3 is 2.61 bits per heavy atom. The quantitative estimate of drug-likeness (QED) is 0.654. The van der Waals surface area contributed by atoms with Crippen molar-refractivity contribution in [3.05, 3.63) is 57.8 Å². The topological polar surface area (TPSA) is 100 Å². The van der Waals surface area contributed by atoms with Gasteiger partial charge in [-0.15, -0.1) is 0 Å². The van der Waals surface area contributed by atoms with Gasteiger partial charge in [-0.05, 0) is 38.5 Å². The zero-order valence-corrected chi connectivity index (χ0v) is 17.8. The van der Waals surface area contributed by atoms with Crippen LogP contribution in [0.3, 0.4) is 0 Å². The molecule has 0 fully saturated rings. The number of amides is 1. The number of hydrogen-bond acceptors (Lipinski definition) is 6. The van der Waals surface area contributed by atoms with E-state index in [0.29, 0.717) is 48.5 Å². The SMILES string of the molecule is CCCc1cc(=O)n(CC(=O)Nc2ccc3c(c2)OCCO3)c(-n2nc(C)cc2C)n1. The summed E-state index contributed by atoms with van der Waals surface area (Å²) in [5.41, 5.74) is 2.58. The Labute approximate surface area is 179 Å². The molecule has 2 aromatic heterocycles. The summed E-state index contributed by atoms with van der Waals surface area (Å²) in [4.78, 5) is 30.3. The summed E-state index contributed by atoms with van der Waals surface area (Å²) in [6.07, 6.45) is 1.53. The summed E-state index contributed by atoms with van der Waals surface area (Å²) >= 11 is 0. The number of rotatable bonds is 6. The largest absolute Gasteiger partial charge is 0.486 e. The van der Waals surface area contributed by atoms with Crippen molar-refractivity contribution >= 4 is 11.6 Å². The van der Waals surface area contributed by atoms with Crippen LogP contribution in [0.5, 0.6) is 11.5 Å². The molecular formula is C22H25N5O4. The minimum Gasteiger partial charge on any atom is -0.486 e.